The molecule has 1 saturated heterocycles. The zero-order valence-corrected chi connectivity index (χ0v) is 17.8. The highest BCUT2D eigenvalue weighted by Gasteiger charge is 2.23. The Labute approximate surface area is 178 Å². The fourth-order valence-corrected chi connectivity index (χ4v) is 3.57. The fraction of sp³-hybridized carbons (Fsp3) is 0.417. The van der Waals surface area contributed by atoms with Gasteiger partial charge in [0.2, 0.25) is 5.91 Å². The summed E-state index contributed by atoms with van der Waals surface area (Å²) in [6.07, 6.45) is 1.14. The van der Waals surface area contributed by atoms with Crippen LogP contribution in [0.5, 0.6) is 11.5 Å². The predicted octanol–water partition coefficient (Wildman–Crippen LogP) is 3.40. The molecule has 160 valence electrons. The number of hydrogen-bond acceptors (Lipinski definition) is 4. The molecule has 3 rings (SSSR count). The second-order valence-corrected chi connectivity index (χ2v) is 7.24. The first kappa shape index (κ1) is 21.7. The lowest BCUT2D eigenvalue weighted by atomic mass is 10.1. The third kappa shape index (κ3) is 5.75. The molecule has 0 N–H and O–H groups in total. The van der Waals surface area contributed by atoms with E-state index in [4.69, 9.17) is 9.47 Å². The second-order valence-electron chi connectivity index (χ2n) is 7.24. The van der Waals surface area contributed by atoms with Crippen LogP contribution in [0.3, 0.4) is 0 Å². The lowest BCUT2D eigenvalue weighted by molar-refractivity contribution is -0.130. The van der Waals surface area contributed by atoms with Gasteiger partial charge in [-0.1, -0.05) is 12.1 Å². The summed E-state index contributed by atoms with van der Waals surface area (Å²) in [6.45, 7) is 7.51. The molecule has 0 unspecified atom stereocenters. The molecule has 30 heavy (non-hydrogen) atoms. The number of carbonyl (C=O) groups is 2. The molecular weight excluding hydrogens is 380 g/mol. The maximum atomic E-state index is 12.8. The van der Waals surface area contributed by atoms with Gasteiger partial charge in [0.05, 0.1) is 19.6 Å². The van der Waals surface area contributed by atoms with E-state index in [0.29, 0.717) is 51.4 Å². The highest BCUT2D eigenvalue weighted by molar-refractivity contribution is 5.94. The zero-order valence-electron chi connectivity index (χ0n) is 17.8. The summed E-state index contributed by atoms with van der Waals surface area (Å²) in [4.78, 5) is 29.3. The van der Waals surface area contributed by atoms with Gasteiger partial charge in [0, 0.05) is 31.7 Å². The summed E-state index contributed by atoms with van der Waals surface area (Å²) >= 11 is 0. The van der Waals surface area contributed by atoms with Crippen molar-refractivity contribution in [1.82, 2.24) is 9.80 Å². The first-order valence-corrected chi connectivity index (χ1v) is 10.6. The van der Waals surface area contributed by atoms with Crippen molar-refractivity contribution in [2.24, 2.45) is 0 Å². The van der Waals surface area contributed by atoms with E-state index in [1.54, 1.807) is 12.1 Å². The minimum absolute atomic E-state index is 0.00106. The number of amides is 2. The molecule has 1 aliphatic rings. The molecule has 0 aromatic heterocycles. The van der Waals surface area contributed by atoms with E-state index in [0.717, 1.165) is 23.5 Å². The van der Waals surface area contributed by atoms with Crippen molar-refractivity contribution in [2.45, 2.75) is 26.7 Å². The Bertz CT molecular complexity index is 833. The number of hydrogen-bond donors (Lipinski definition) is 0. The molecule has 0 aliphatic carbocycles. The average molecular weight is 411 g/mol. The van der Waals surface area contributed by atoms with Crippen LogP contribution < -0.4 is 9.47 Å². The van der Waals surface area contributed by atoms with Crippen molar-refractivity contribution in [3.05, 3.63) is 59.7 Å². The Balaban J connectivity index is 1.54. The van der Waals surface area contributed by atoms with Crippen molar-refractivity contribution in [1.29, 1.82) is 0 Å². The summed E-state index contributed by atoms with van der Waals surface area (Å²) < 4.78 is 10.9. The SMILES string of the molecule is CCOc1ccc(CC(=O)N2CCCN(C(=O)c3ccc(OCC)cc3)CC2)cc1. The van der Waals surface area contributed by atoms with Gasteiger partial charge in [-0.15, -0.1) is 0 Å². The molecular formula is C24H30N2O4. The number of ether oxygens (including phenoxy) is 2. The Morgan fingerprint density at radius 2 is 1.30 bits per heavy atom. The van der Waals surface area contributed by atoms with Crippen molar-refractivity contribution >= 4 is 11.8 Å². The van der Waals surface area contributed by atoms with Crippen molar-refractivity contribution in [2.75, 3.05) is 39.4 Å². The number of rotatable bonds is 7. The Morgan fingerprint density at radius 3 is 1.90 bits per heavy atom. The van der Waals surface area contributed by atoms with E-state index >= 15 is 0 Å². The summed E-state index contributed by atoms with van der Waals surface area (Å²) in [5.41, 5.74) is 1.61. The zero-order chi connectivity index (χ0) is 21.3. The molecule has 0 bridgehead atoms. The van der Waals surface area contributed by atoms with Crippen LogP contribution in [0.25, 0.3) is 0 Å². The second kappa shape index (κ2) is 10.7. The molecule has 0 atom stereocenters. The minimum atomic E-state index is -0.00106. The largest absolute Gasteiger partial charge is 0.494 e. The minimum Gasteiger partial charge on any atom is -0.494 e. The first-order valence-electron chi connectivity index (χ1n) is 10.6. The number of nitrogens with zero attached hydrogens (tertiary/aromatic N) is 2. The Morgan fingerprint density at radius 1 is 0.767 bits per heavy atom. The summed E-state index contributed by atoms with van der Waals surface area (Å²) in [6, 6.07) is 14.9. The smallest absolute Gasteiger partial charge is 0.253 e. The van der Waals surface area contributed by atoms with E-state index in [1.165, 1.54) is 0 Å². The molecule has 2 amide bonds. The molecule has 2 aromatic carbocycles. The maximum absolute atomic E-state index is 12.8. The van der Waals surface area contributed by atoms with Crippen LogP contribution in [0, 0.1) is 0 Å². The van der Waals surface area contributed by atoms with Gasteiger partial charge < -0.3 is 19.3 Å². The van der Waals surface area contributed by atoms with E-state index in [1.807, 2.05) is 60.0 Å². The average Bonchev–Trinajstić information content (AvgIpc) is 3.02. The van der Waals surface area contributed by atoms with Crippen LogP contribution in [-0.2, 0) is 11.2 Å². The van der Waals surface area contributed by atoms with Gasteiger partial charge in [0.1, 0.15) is 11.5 Å². The number of benzene rings is 2. The van der Waals surface area contributed by atoms with E-state index in [2.05, 4.69) is 0 Å². The monoisotopic (exact) mass is 410 g/mol. The van der Waals surface area contributed by atoms with Gasteiger partial charge in [-0.3, -0.25) is 9.59 Å². The molecule has 2 aromatic rings. The standard InChI is InChI=1S/C24H30N2O4/c1-3-29-21-10-6-19(7-11-21)18-23(27)25-14-5-15-26(17-16-25)24(28)20-8-12-22(13-9-20)30-4-2/h6-13H,3-5,14-18H2,1-2H3. The van der Waals surface area contributed by atoms with Crippen LogP contribution in [-0.4, -0.2) is 61.0 Å². The molecule has 1 fully saturated rings. The maximum Gasteiger partial charge on any atom is 0.253 e. The van der Waals surface area contributed by atoms with Gasteiger partial charge in [-0.2, -0.15) is 0 Å². The fourth-order valence-electron chi connectivity index (χ4n) is 3.57. The van der Waals surface area contributed by atoms with Gasteiger partial charge >= 0.3 is 0 Å². The molecule has 1 aliphatic heterocycles. The van der Waals surface area contributed by atoms with Gasteiger partial charge in [-0.25, -0.2) is 0 Å². The summed E-state index contributed by atoms with van der Waals surface area (Å²) in [7, 11) is 0. The lowest BCUT2D eigenvalue weighted by Crippen LogP contribution is -2.38. The first-order chi connectivity index (χ1) is 14.6. The topological polar surface area (TPSA) is 59.1 Å². The van der Waals surface area contributed by atoms with Crippen molar-refractivity contribution in [3.63, 3.8) is 0 Å². The molecule has 6 nitrogen and oxygen atoms in total. The van der Waals surface area contributed by atoms with E-state index in [9.17, 15) is 9.59 Å². The van der Waals surface area contributed by atoms with E-state index in [-0.39, 0.29) is 11.8 Å². The lowest BCUT2D eigenvalue weighted by Gasteiger charge is -2.22. The van der Waals surface area contributed by atoms with Crippen LogP contribution in [0.4, 0.5) is 0 Å². The summed E-state index contributed by atoms with van der Waals surface area (Å²) in [5.74, 6) is 1.66. The Kier molecular flexibility index (Phi) is 7.71. The number of carbonyl (C=O) groups excluding carboxylic acids is 2. The third-order valence-electron chi connectivity index (χ3n) is 5.14. The summed E-state index contributed by atoms with van der Waals surface area (Å²) in [5, 5.41) is 0. The Hall–Kier alpha value is -3.02. The molecule has 0 saturated carbocycles. The molecule has 6 heteroatoms. The van der Waals surface area contributed by atoms with Crippen LogP contribution >= 0.6 is 0 Å². The molecule has 0 spiro atoms. The highest BCUT2D eigenvalue weighted by Crippen LogP contribution is 2.16. The van der Waals surface area contributed by atoms with Crippen molar-refractivity contribution in [3.8, 4) is 11.5 Å². The quantitative estimate of drug-likeness (QED) is 0.702. The highest BCUT2D eigenvalue weighted by atomic mass is 16.5. The van der Waals surface area contributed by atoms with Crippen LogP contribution in [0.1, 0.15) is 36.2 Å². The normalized spacial score (nSPS) is 14.2. The molecule has 0 radical (unpaired) electrons. The van der Waals surface area contributed by atoms with Gasteiger partial charge in [0.25, 0.3) is 5.91 Å². The van der Waals surface area contributed by atoms with Crippen LogP contribution in [0.2, 0.25) is 0 Å². The predicted molar refractivity (Wildman–Crippen MR) is 116 cm³/mol. The van der Waals surface area contributed by atoms with Gasteiger partial charge in [-0.05, 0) is 62.2 Å². The van der Waals surface area contributed by atoms with Gasteiger partial charge in [0.15, 0.2) is 0 Å². The third-order valence-corrected chi connectivity index (χ3v) is 5.14. The van der Waals surface area contributed by atoms with Crippen molar-refractivity contribution < 1.29 is 19.1 Å². The molecule has 1 heterocycles. The van der Waals surface area contributed by atoms with Crippen LogP contribution in [0.15, 0.2) is 48.5 Å². The van der Waals surface area contributed by atoms with E-state index < -0.39 is 0 Å².